The molecule has 10 nitrogen and oxygen atoms in total. The summed E-state index contributed by atoms with van der Waals surface area (Å²) in [4.78, 5) is 42.5. The molecule has 4 aromatic rings. The molecule has 226 valence electrons. The van der Waals surface area contributed by atoms with Gasteiger partial charge in [0.05, 0.1) is 41.1 Å². The number of carbonyl (C=O) groups is 2. The summed E-state index contributed by atoms with van der Waals surface area (Å²) in [5.74, 6) is -3.01. The molecule has 0 aliphatic carbocycles. The topological polar surface area (TPSA) is 99.0 Å². The van der Waals surface area contributed by atoms with E-state index in [1.54, 1.807) is 39.1 Å². The molecule has 2 saturated heterocycles. The predicted molar refractivity (Wildman–Crippen MR) is 162 cm³/mol. The van der Waals surface area contributed by atoms with E-state index in [0.717, 1.165) is 23.7 Å². The Hall–Kier alpha value is -3.97. The van der Waals surface area contributed by atoms with Crippen molar-refractivity contribution in [2.45, 2.75) is 45.2 Å². The third-order valence-corrected chi connectivity index (χ3v) is 9.13. The average Bonchev–Trinajstić information content (AvgIpc) is 3.64. The summed E-state index contributed by atoms with van der Waals surface area (Å²) in [6.45, 7) is 7.84. The van der Waals surface area contributed by atoms with Crippen LogP contribution >= 0.6 is 11.3 Å². The molecule has 2 unspecified atom stereocenters. The highest BCUT2D eigenvalue weighted by molar-refractivity contribution is 7.13. The molecule has 2 amide bonds. The summed E-state index contributed by atoms with van der Waals surface area (Å²) in [5.41, 5.74) is 2.88. The van der Waals surface area contributed by atoms with Crippen LogP contribution in [0.25, 0.3) is 27.5 Å². The third-order valence-electron chi connectivity index (χ3n) is 8.24. The van der Waals surface area contributed by atoms with E-state index in [2.05, 4.69) is 36.1 Å². The fourth-order valence-electron chi connectivity index (χ4n) is 5.66. The molecule has 6 rings (SSSR count). The monoisotopic (exact) mass is 608 g/mol. The highest BCUT2D eigenvalue weighted by atomic mass is 32.1. The van der Waals surface area contributed by atoms with Crippen molar-refractivity contribution in [2.75, 3.05) is 44.2 Å². The first-order valence-corrected chi connectivity index (χ1v) is 15.4. The maximum atomic E-state index is 13.5. The number of nitrogens with zero attached hydrogens (tertiary/aromatic N) is 7. The Kier molecular flexibility index (Phi) is 7.86. The van der Waals surface area contributed by atoms with Crippen molar-refractivity contribution in [1.29, 1.82) is 0 Å². The van der Waals surface area contributed by atoms with E-state index >= 15 is 0 Å². The lowest BCUT2D eigenvalue weighted by Crippen LogP contribution is -2.65. The van der Waals surface area contributed by atoms with E-state index in [-0.39, 0.29) is 17.9 Å². The second kappa shape index (κ2) is 11.6. The quantitative estimate of drug-likeness (QED) is 0.290. The molecule has 1 N–H and O–H groups in total. The van der Waals surface area contributed by atoms with Crippen LogP contribution < -0.4 is 10.2 Å². The zero-order valence-corrected chi connectivity index (χ0v) is 25.2. The molecule has 43 heavy (non-hydrogen) atoms. The number of fused-ring (bicyclic) bond motifs is 1. The van der Waals surface area contributed by atoms with Gasteiger partial charge in [-0.25, -0.2) is 23.3 Å². The van der Waals surface area contributed by atoms with Crippen molar-refractivity contribution >= 4 is 34.6 Å². The summed E-state index contributed by atoms with van der Waals surface area (Å²) in [6.07, 6.45) is 4.02. The molecule has 2 aliphatic heterocycles. The molecule has 2 fully saturated rings. The van der Waals surface area contributed by atoms with Crippen molar-refractivity contribution in [2.24, 2.45) is 0 Å². The first-order chi connectivity index (χ1) is 20.7. The SMILES string of the molecule is CCN(CC)C(C)CNC(=O)c1cc(-c2cnn3ccc(-c4cccs4)nc23)nc(N2CCC2C(=O)N2CC(F)(F)C2)c1. The van der Waals surface area contributed by atoms with E-state index in [4.69, 9.17) is 9.97 Å². The van der Waals surface area contributed by atoms with Gasteiger partial charge in [-0.15, -0.1) is 11.3 Å². The Morgan fingerprint density at radius 2 is 1.95 bits per heavy atom. The Labute approximate surface area is 252 Å². The number of likely N-dealkylation sites (N-methyl/N-ethyl adjacent to an activating group) is 1. The molecule has 2 atom stereocenters. The largest absolute Gasteiger partial charge is 0.350 e. The van der Waals surface area contributed by atoms with Crippen molar-refractivity contribution < 1.29 is 18.4 Å². The van der Waals surface area contributed by atoms with E-state index < -0.39 is 25.1 Å². The standard InChI is InChI=1S/C30H34F2N8O2S/c1-4-37(5-2)19(3)15-33-28(41)20-13-23(21-16-34-40-11-8-22(36-27(21)40)25-7-6-12-43-25)35-26(14-20)39-10-9-24(39)29(42)38-17-30(31,32)18-38/h6-8,11-14,16,19,24H,4-5,9-10,15,17-18H2,1-3H3,(H,33,41). The van der Waals surface area contributed by atoms with Crippen LogP contribution in [0.3, 0.4) is 0 Å². The maximum Gasteiger partial charge on any atom is 0.282 e. The van der Waals surface area contributed by atoms with Crippen LogP contribution in [0.5, 0.6) is 0 Å². The van der Waals surface area contributed by atoms with Crippen LogP contribution in [0.15, 0.2) is 48.1 Å². The van der Waals surface area contributed by atoms with Gasteiger partial charge in [0.15, 0.2) is 5.65 Å². The number of halogens is 2. The predicted octanol–water partition coefficient (Wildman–Crippen LogP) is 4.04. The highest BCUT2D eigenvalue weighted by Gasteiger charge is 2.50. The van der Waals surface area contributed by atoms with Gasteiger partial charge < -0.3 is 15.1 Å². The van der Waals surface area contributed by atoms with Crippen LogP contribution in [0.2, 0.25) is 0 Å². The fourth-order valence-corrected chi connectivity index (χ4v) is 6.35. The molecular formula is C30H34F2N8O2S. The van der Waals surface area contributed by atoms with Crippen LogP contribution in [0.1, 0.15) is 37.6 Å². The average molecular weight is 609 g/mol. The molecule has 0 bridgehead atoms. The number of aromatic nitrogens is 4. The summed E-state index contributed by atoms with van der Waals surface area (Å²) in [5, 5.41) is 9.50. The van der Waals surface area contributed by atoms with Crippen LogP contribution in [0, 0.1) is 0 Å². The normalized spacial score (nSPS) is 18.4. The number of carbonyl (C=O) groups excluding carboxylic acids is 2. The Morgan fingerprint density at radius 1 is 1.16 bits per heavy atom. The number of hydrogen-bond acceptors (Lipinski definition) is 8. The Morgan fingerprint density at radius 3 is 2.60 bits per heavy atom. The third kappa shape index (κ3) is 5.70. The number of pyridine rings is 1. The van der Waals surface area contributed by atoms with Gasteiger partial charge in [0.1, 0.15) is 11.9 Å². The zero-order chi connectivity index (χ0) is 30.3. The van der Waals surface area contributed by atoms with Gasteiger partial charge in [0.2, 0.25) is 5.91 Å². The summed E-state index contributed by atoms with van der Waals surface area (Å²) in [7, 11) is 0. The number of anilines is 1. The molecule has 0 saturated carbocycles. The number of amides is 2. The van der Waals surface area contributed by atoms with Crippen LogP contribution in [-0.4, -0.2) is 98.5 Å². The summed E-state index contributed by atoms with van der Waals surface area (Å²) in [6, 6.07) is 8.77. The second-order valence-electron chi connectivity index (χ2n) is 11.0. The number of hydrogen-bond donors (Lipinski definition) is 1. The minimum atomic E-state index is -2.84. The molecule has 0 radical (unpaired) electrons. The highest BCUT2D eigenvalue weighted by Crippen LogP contribution is 2.34. The van der Waals surface area contributed by atoms with Gasteiger partial charge in [-0.05, 0) is 56.1 Å². The van der Waals surface area contributed by atoms with E-state index in [9.17, 15) is 18.4 Å². The smallest absolute Gasteiger partial charge is 0.282 e. The van der Waals surface area contributed by atoms with Gasteiger partial charge in [0, 0.05) is 30.9 Å². The molecule has 0 aromatic carbocycles. The van der Waals surface area contributed by atoms with Gasteiger partial charge in [-0.3, -0.25) is 14.5 Å². The fraction of sp³-hybridized carbons (Fsp3) is 0.433. The summed E-state index contributed by atoms with van der Waals surface area (Å²) < 4.78 is 28.7. The van der Waals surface area contributed by atoms with Crippen molar-refractivity contribution in [1.82, 2.24) is 34.7 Å². The van der Waals surface area contributed by atoms with E-state index in [1.165, 1.54) is 4.90 Å². The molecular weight excluding hydrogens is 574 g/mol. The second-order valence-corrected chi connectivity index (χ2v) is 12.0. The number of thiophene rings is 1. The van der Waals surface area contributed by atoms with Crippen LogP contribution in [0.4, 0.5) is 14.6 Å². The van der Waals surface area contributed by atoms with Crippen LogP contribution in [-0.2, 0) is 4.79 Å². The lowest BCUT2D eigenvalue weighted by Gasteiger charge is -2.47. The lowest BCUT2D eigenvalue weighted by molar-refractivity contribution is -0.168. The first-order valence-electron chi connectivity index (χ1n) is 14.5. The van der Waals surface area contributed by atoms with Crippen molar-refractivity contribution in [3.63, 3.8) is 0 Å². The maximum absolute atomic E-state index is 13.5. The van der Waals surface area contributed by atoms with E-state index in [0.29, 0.717) is 47.8 Å². The van der Waals surface area contributed by atoms with E-state index in [1.807, 2.05) is 29.8 Å². The number of rotatable bonds is 10. The minimum Gasteiger partial charge on any atom is -0.350 e. The molecule has 4 aromatic heterocycles. The first kappa shape index (κ1) is 29.1. The van der Waals surface area contributed by atoms with Gasteiger partial charge in [0.25, 0.3) is 11.8 Å². The zero-order valence-electron chi connectivity index (χ0n) is 24.3. The van der Waals surface area contributed by atoms with Crippen molar-refractivity contribution in [3.05, 3.63) is 53.7 Å². The Bertz CT molecular complexity index is 1630. The Balaban J connectivity index is 1.34. The summed E-state index contributed by atoms with van der Waals surface area (Å²) >= 11 is 1.58. The number of nitrogens with one attached hydrogen (secondary N) is 1. The molecule has 0 spiro atoms. The molecule has 6 heterocycles. The minimum absolute atomic E-state index is 0.145. The number of likely N-dealkylation sites (tertiary alicyclic amines) is 1. The van der Waals surface area contributed by atoms with Gasteiger partial charge in [-0.2, -0.15) is 5.10 Å². The lowest BCUT2D eigenvalue weighted by atomic mass is 9.98. The number of alkyl halides is 2. The van der Waals surface area contributed by atoms with Gasteiger partial charge >= 0.3 is 0 Å². The van der Waals surface area contributed by atoms with Crippen molar-refractivity contribution in [3.8, 4) is 21.8 Å². The molecule has 2 aliphatic rings. The molecule has 13 heteroatoms. The van der Waals surface area contributed by atoms with Gasteiger partial charge in [-0.1, -0.05) is 19.9 Å².